The Balaban J connectivity index is 2.16. The molecule has 98 valence electrons. The quantitative estimate of drug-likeness (QED) is 0.701. The summed E-state index contributed by atoms with van der Waals surface area (Å²) in [6.07, 6.45) is 0.376. The zero-order chi connectivity index (χ0) is 13.1. The Kier molecular flexibility index (Phi) is 4.34. The second-order valence-electron chi connectivity index (χ2n) is 5.05. The number of ether oxygens (including phenoxy) is 2. The second kappa shape index (κ2) is 5.35. The molecule has 0 heterocycles. The lowest BCUT2D eigenvalue weighted by Crippen LogP contribution is -2.37. The summed E-state index contributed by atoms with van der Waals surface area (Å²) < 4.78 is 9.61. The van der Waals surface area contributed by atoms with Crippen molar-refractivity contribution in [3.05, 3.63) is 0 Å². The molecule has 2 N–H and O–H groups in total. The average Bonchev–Trinajstić information content (AvgIpc) is 2.89. The highest BCUT2D eigenvalue weighted by atomic mass is 16.6. The molecule has 17 heavy (non-hydrogen) atoms. The van der Waals surface area contributed by atoms with Gasteiger partial charge < -0.3 is 20.1 Å². The third-order valence-corrected chi connectivity index (χ3v) is 2.23. The number of amides is 1. The van der Waals surface area contributed by atoms with Crippen LogP contribution in [0.5, 0.6) is 0 Å². The normalized spacial score (nSPS) is 22.8. The first-order valence-corrected chi connectivity index (χ1v) is 5.61. The van der Waals surface area contributed by atoms with Gasteiger partial charge in [-0.1, -0.05) is 0 Å². The predicted octanol–water partition coefficient (Wildman–Crippen LogP) is 0.415. The molecule has 0 aromatic carbocycles. The van der Waals surface area contributed by atoms with Crippen molar-refractivity contribution in [3.8, 4) is 0 Å². The van der Waals surface area contributed by atoms with Crippen molar-refractivity contribution in [1.29, 1.82) is 0 Å². The van der Waals surface area contributed by atoms with Crippen molar-refractivity contribution < 1.29 is 19.1 Å². The number of nitrogens with one attached hydrogen (secondary N) is 2. The summed E-state index contributed by atoms with van der Waals surface area (Å²) >= 11 is 0. The molecule has 1 fully saturated rings. The second-order valence-corrected chi connectivity index (χ2v) is 5.05. The van der Waals surface area contributed by atoms with Crippen molar-refractivity contribution >= 4 is 12.1 Å². The van der Waals surface area contributed by atoms with E-state index < -0.39 is 11.7 Å². The molecule has 0 spiro atoms. The number of hydrogen-bond donors (Lipinski definition) is 2. The topological polar surface area (TPSA) is 76.7 Å². The number of carbonyl (C=O) groups excluding carboxylic acids is 2. The Morgan fingerprint density at radius 3 is 2.47 bits per heavy atom. The molecule has 1 saturated carbocycles. The van der Waals surface area contributed by atoms with Gasteiger partial charge in [0.25, 0.3) is 0 Å². The largest absolute Gasteiger partial charge is 0.468 e. The summed E-state index contributed by atoms with van der Waals surface area (Å²) in [5.74, 6) is -0.312. The Labute approximate surface area is 101 Å². The van der Waals surface area contributed by atoms with Crippen LogP contribution in [0.3, 0.4) is 0 Å². The van der Waals surface area contributed by atoms with E-state index in [4.69, 9.17) is 4.74 Å². The fraction of sp³-hybridized carbons (Fsp3) is 0.818. The summed E-state index contributed by atoms with van der Waals surface area (Å²) in [6, 6.07) is 0.163. The van der Waals surface area contributed by atoms with Gasteiger partial charge in [0.2, 0.25) is 0 Å². The van der Waals surface area contributed by atoms with Crippen molar-refractivity contribution in [1.82, 2.24) is 10.6 Å². The first-order valence-electron chi connectivity index (χ1n) is 5.61. The van der Waals surface area contributed by atoms with Crippen LogP contribution in [-0.4, -0.2) is 43.4 Å². The Hall–Kier alpha value is -1.30. The van der Waals surface area contributed by atoms with Crippen LogP contribution in [0.1, 0.15) is 27.2 Å². The third-order valence-electron chi connectivity index (χ3n) is 2.23. The summed E-state index contributed by atoms with van der Waals surface area (Å²) in [5, 5.41) is 5.71. The van der Waals surface area contributed by atoms with Gasteiger partial charge in [-0.3, -0.25) is 4.79 Å². The third kappa shape index (κ3) is 5.53. The molecular weight excluding hydrogens is 224 g/mol. The summed E-state index contributed by atoms with van der Waals surface area (Å²) in [7, 11) is 1.34. The van der Waals surface area contributed by atoms with E-state index in [0.29, 0.717) is 0 Å². The molecule has 6 nitrogen and oxygen atoms in total. The minimum absolute atomic E-state index is 0.0366. The monoisotopic (exact) mass is 244 g/mol. The van der Waals surface area contributed by atoms with Gasteiger partial charge in [-0.15, -0.1) is 0 Å². The lowest BCUT2D eigenvalue weighted by Gasteiger charge is -2.19. The van der Waals surface area contributed by atoms with Gasteiger partial charge in [0, 0.05) is 12.1 Å². The van der Waals surface area contributed by atoms with E-state index in [1.165, 1.54) is 7.11 Å². The van der Waals surface area contributed by atoms with Crippen molar-refractivity contribution in [2.45, 2.75) is 44.9 Å². The van der Waals surface area contributed by atoms with Crippen LogP contribution in [-0.2, 0) is 14.3 Å². The van der Waals surface area contributed by atoms with Gasteiger partial charge in [0.05, 0.1) is 13.7 Å². The van der Waals surface area contributed by atoms with E-state index in [1.807, 2.05) is 20.8 Å². The molecule has 0 aliphatic heterocycles. The van der Waals surface area contributed by atoms with Gasteiger partial charge in [-0.05, 0) is 27.2 Å². The van der Waals surface area contributed by atoms with Crippen molar-refractivity contribution in [2.24, 2.45) is 0 Å². The van der Waals surface area contributed by atoms with E-state index in [1.54, 1.807) is 0 Å². The first-order chi connectivity index (χ1) is 7.81. The minimum Gasteiger partial charge on any atom is -0.468 e. The molecule has 2 atom stereocenters. The molecule has 2 unspecified atom stereocenters. The molecular formula is C11H20N2O4. The van der Waals surface area contributed by atoms with E-state index in [2.05, 4.69) is 15.4 Å². The highest BCUT2D eigenvalue weighted by molar-refractivity contribution is 5.71. The van der Waals surface area contributed by atoms with Crippen molar-refractivity contribution in [2.75, 3.05) is 13.7 Å². The van der Waals surface area contributed by atoms with Gasteiger partial charge in [-0.2, -0.15) is 0 Å². The average molecular weight is 244 g/mol. The minimum atomic E-state index is -0.492. The van der Waals surface area contributed by atoms with Gasteiger partial charge in [0.15, 0.2) is 0 Å². The SMILES string of the molecule is COC(=O)CNC1CC1NC(=O)OC(C)(C)C. The first kappa shape index (κ1) is 13.8. The Morgan fingerprint density at radius 2 is 1.94 bits per heavy atom. The lowest BCUT2D eigenvalue weighted by molar-refractivity contribution is -0.139. The Bertz CT molecular complexity index is 298. The van der Waals surface area contributed by atoms with Crippen LogP contribution in [0.4, 0.5) is 4.79 Å². The molecule has 0 radical (unpaired) electrons. The van der Waals surface area contributed by atoms with E-state index >= 15 is 0 Å². The maximum atomic E-state index is 11.4. The van der Waals surface area contributed by atoms with Gasteiger partial charge in [-0.25, -0.2) is 4.79 Å². The molecule has 0 bridgehead atoms. The lowest BCUT2D eigenvalue weighted by atomic mass is 10.2. The van der Waals surface area contributed by atoms with Crippen LogP contribution in [0.2, 0.25) is 0 Å². The van der Waals surface area contributed by atoms with Gasteiger partial charge in [0.1, 0.15) is 5.60 Å². The van der Waals surface area contributed by atoms with Gasteiger partial charge >= 0.3 is 12.1 Å². The highest BCUT2D eigenvalue weighted by Crippen LogP contribution is 2.21. The van der Waals surface area contributed by atoms with Crippen LogP contribution < -0.4 is 10.6 Å². The smallest absolute Gasteiger partial charge is 0.407 e. The van der Waals surface area contributed by atoms with Crippen LogP contribution in [0, 0.1) is 0 Å². The molecule has 0 aromatic heterocycles. The fourth-order valence-electron chi connectivity index (χ4n) is 1.33. The number of methoxy groups -OCH3 is 1. The molecule has 6 heteroatoms. The van der Waals surface area contributed by atoms with Crippen LogP contribution in [0.25, 0.3) is 0 Å². The maximum absolute atomic E-state index is 11.4. The van der Waals surface area contributed by atoms with Crippen LogP contribution >= 0.6 is 0 Å². The summed E-state index contributed by atoms with van der Waals surface area (Å²) in [5.41, 5.74) is -0.492. The molecule has 1 aliphatic carbocycles. The number of rotatable bonds is 4. The van der Waals surface area contributed by atoms with E-state index in [0.717, 1.165) is 6.42 Å². The number of alkyl carbamates (subject to hydrolysis) is 1. The molecule has 0 aromatic rings. The fourth-order valence-corrected chi connectivity index (χ4v) is 1.33. The number of hydrogen-bond acceptors (Lipinski definition) is 5. The van der Waals surface area contributed by atoms with Crippen LogP contribution in [0.15, 0.2) is 0 Å². The van der Waals surface area contributed by atoms with E-state index in [-0.39, 0.29) is 24.6 Å². The standard InChI is InChI=1S/C11H20N2O4/c1-11(2,3)17-10(15)13-8-5-7(8)12-6-9(14)16-4/h7-8,12H,5-6H2,1-4H3,(H,13,15). The highest BCUT2D eigenvalue weighted by Gasteiger charge is 2.39. The zero-order valence-electron chi connectivity index (χ0n) is 10.7. The predicted molar refractivity (Wildman–Crippen MR) is 61.6 cm³/mol. The number of carbonyl (C=O) groups is 2. The Morgan fingerprint density at radius 1 is 1.29 bits per heavy atom. The van der Waals surface area contributed by atoms with E-state index in [9.17, 15) is 9.59 Å². The summed E-state index contributed by atoms with van der Waals surface area (Å²) in [6.45, 7) is 5.60. The molecule has 0 saturated heterocycles. The summed E-state index contributed by atoms with van der Waals surface area (Å²) in [4.78, 5) is 22.3. The zero-order valence-corrected chi connectivity index (χ0v) is 10.7. The molecule has 1 amide bonds. The van der Waals surface area contributed by atoms with Crippen molar-refractivity contribution in [3.63, 3.8) is 0 Å². The maximum Gasteiger partial charge on any atom is 0.407 e. The molecule has 1 aliphatic rings. The number of esters is 1. The molecule has 1 rings (SSSR count).